The molecule has 16 heteroatoms. The molecule has 4 aliphatic rings. The Bertz CT molecular complexity index is 1080. The van der Waals surface area contributed by atoms with Crippen molar-refractivity contribution < 1.29 is 62.7 Å². The number of thioether (sulfide) groups is 1. The van der Waals surface area contributed by atoms with Gasteiger partial charge in [-0.05, 0) is 24.3 Å². The molecule has 32 heavy (non-hydrogen) atoms. The summed E-state index contributed by atoms with van der Waals surface area (Å²) in [5.74, 6) is -0.859. The molecule has 5 rings (SSSR count). The summed E-state index contributed by atoms with van der Waals surface area (Å²) in [6.45, 7) is -0.324. The van der Waals surface area contributed by atoms with E-state index in [0.717, 1.165) is 4.90 Å². The minimum Gasteiger partial charge on any atom is -0.756 e. The summed E-state index contributed by atoms with van der Waals surface area (Å²) in [5.41, 5.74) is 0. The van der Waals surface area contributed by atoms with Crippen molar-refractivity contribution in [3.8, 4) is 0 Å². The number of phosphoric acid groups is 1. The minimum absolute atomic E-state index is 0. The van der Waals surface area contributed by atoms with E-state index >= 15 is 0 Å². The second-order valence-corrected chi connectivity index (χ2v) is 9.76. The molecule has 1 amide bonds. The van der Waals surface area contributed by atoms with Crippen LogP contribution in [-0.2, 0) is 23.1 Å². The molecule has 4 aliphatic heterocycles. The molecule has 1 aromatic carbocycles. The Balaban J connectivity index is 0.00000245. The molecule has 6 atom stereocenters. The van der Waals surface area contributed by atoms with Gasteiger partial charge in [-0.3, -0.25) is 25.0 Å². The standard InChI is InChI=1S/C16H15ClN5O7PS.Na/c17-6-1-3-7(4-2-6)31-16-19-9-12(20-15(18)21-13(9)24)22(16)14-10(23)11-8(28-14)5-27-30(25,26)29-11;/h1-4,8-11,14,23H,5H2,(H,25,26)(H2,18,21,24);/q;+1/p-1/t8-,9?,10-,11-,14-;/m1./s1. The first kappa shape index (κ1) is 24.3. The number of phosphoric ester groups is 1. The Morgan fingerprint density at radius 2 is 2.09 bits per heavy atom. The Labute approximate surface area is 212 Å². The SMILES string of the molecule is N=C1N=C2C(N=C(Sc3ccc(Cl)cc3)N2[C@@H]2O[C@@H]3COP(=O)([O-])O[C@H]3[C@H]2O)C(=O)N1.[Na+]. The van der Waals surface area contributed by atoms with Crippen LogP contribution in [0.2, 0.25) is 5.02 Å². The number of aliphatic imine (C=N–C) groups is 2. The number of fused-ring (bicyclic) bond motifs is 2. The van der Waals surface area contributed by atoms with E-state index in [-0.39, 0.29) is 53.1 Å². The van der Waals surface area contributed by atoms with Crippen LogP contribution in [0.25, 0.3) is 0 Å². The van der Waals surface area contributed by atoms with Gasteiger partial charge in [0.15, 0.2) is 23.3 Å². The maximum absolute atomic E-state index is 12.4. The first-order valence-electron chi connectivity index (χ1n) is 8.98. The van der Waals surface area contributed by atoms with Crippen molar-refractivity contribution in [2.75, 3.05) is 6.61 Å². The summed E-state index contributed by atoms with van der Waals surface area (Å²) in [5, 5.41) is 21.7. The zero-order chi connectivity index (χ0) is 21.9. The number of guanidine groups is 1. The molecule has 0 bridgehead atoms. The number of hydrogen-bond donors (Lipinski definition) is 3. The average Bonchev–Trinajstić information content (AvgIpc) is 3.20. The zero-order valence-electron chi connectivity index (χ0n) is 16.4. The third-order valence-corrected chi connectivity index (χ3v) is 7.10. The fourth-order valence-electron chi connectivity index (χ4n) is 3.54. The third-order valence-electron chi connectivity index (χ3n) is 4.89. The number of ether oxygens (including phenoxy) is 1. The topological polar surface area (TPSA) is 169 Å². The molecule has 0 aliphatic carbocycles. The van der Waals surface area contributed by atoms with Crippen LogP contribution < -0.4 is 39.8 Å². The largest absolute Gasteiger partial charge is 1.00 e. The summed E-state index contributed by atoms with van der Waals surface area (Å²) >= 11 is 7.10. The molecular weight excluding hydrogens is 496 g/mol. The van der Waals surface area contributed by atoms with Crippen LogP contribution in [-0.4, -0.2) is 70.1 Å². The molecule has 12 nitrogen and oxygen atoms in total. The first-order chi connectivity index (χ1) is 14.7. The number of amidine groups is 2. The number of amides is 1. The van der Waals surface area contributed by atoms with E-state index in [9.17, 15) is 19.4 Å². The van der Waals surface area contributed by atoms with Crippen LogP contribution in [0.3, 0.4) is 0 Å². The third kappa shape index (κ3) is 4.44. The van der Waals surface area contributed by atoms with Crippen LogP contribution >= 0.6 is 31.2 Å². The van der Waals surface area contributed by atoms with Gasteiger partial charge in [0.05, 0.1) is 6.61 Å². The van der Waals surface area contributed by atoms with Crippen molar-refractivity contribution in [1.82, 2.24) is 10.2 Å². The molecule has 2 saturated heterocycles. The summed E-state index contributed by atoms with van der Waals surface area (Å²) in [4.78, 5) is 34.7. The van der Waals surface area contributed by atoms with Gasteiger partial charge in [-0.25, -0.2) is 4.99 Å². The average molecular weight is 510 g/mol. The molecule has 164 valence electrons. The van der Waals surface area contributed by atoms with E-state index in [0.29, 0.717) is 5.02 Å². The summed E-state index contributed by atoms with van der Waals surface area (Å²) < 4.78 is 27.1. The Morgan fingerprint density at radius 1 is 1.38 bits per heavy atom. The monoisotopic (exact) mass is 509 g/mol. The van der Waals surface area contributed by atoms with Gasteiger partial charge in [-0.2, -0.15) is 4.99 Å². The molecule has 0 aromatic heterocycles. The Kier molecular flexibility index (Phi) is 6.90. The molecular formula is C16H14ClN5NaO7PS. The van der Waals surface area contributed by atoms with Gasteiger partial charge in [0, 0.05) is 9.92 Å². The fourth-order valence-corrected chi connectivity index (χ4v) is 5.55. The number of halogens is 1. The molecule has 3 N–H and O–H groups in total. The number of nitrogens with zero attached hydrogens (tertiary/aromatic N) is 3. The van der Waals surface area contributed by atoms with Crippen LogP contribution in [0.15, 0.2) is 39.1 Å². The zero-order valence-corrected chi connectivity index (χ0v) is 20.8. The van der Waals surface area contributed by atoms with E-state index in [1.807, 2.05) is 0 Å². The van der Waals surface area contributed by atoms with Crippen molar-refractivity contribution >= 4 is 54.1 Å². The fraction of sp³-hybridized carbons (Fsp3) is 0.375. The number of carbonyl (C=O) groups is 1. The number of aliphatic hydroxyl groups excluding tert-OH is 1. The van der Waals surface area contributed by atoms with Crippen molar-refractivity contribution in [3.05, 3.63) is 29.3 Å². The van der Waals surface area contributed by atoms with Gasteiger partial charge in [0.2, 0.25) is 5.96 Å². The maximum Gasteiger partial charge on any atom is 1.00 e. The number of benzene rings is 1. The quantitative estimate of drug-likeness (QED) is 0.276. The molecule has 1 aromatic rings. The summed E-state index contributed by atoms with van der Waals surface area (Å²) in [7, 11) is -4.56. The number of hydrogen-bond acceptors (Lipinski definition) is 11. The van der Waals surface area contributed by atoms with E-state index in [2.05, 4.69) is 19.8 Å². The number of rotatable bonds is 2. The van der Waals surface area contributed by atoms with Gasteiger partial charge < -0.3 is 23.8 Å². The maximum atomic E-state index is 12.4. The Morgan fingerprint density at radius 3 is 2.81 bits per heavy atom. The van der Waals surface area contributed by atoms with Crippen molar-refractivity contribution in [1.29, 1.82) is 5.41 Å². The predicted molar refractivity (Wildman–Crippen MR) is 107 cm³/mol. The van der Waals surface area contributed by atoms with Gasteiger partial charge in [-0.1, -0.05) is 23.4 Å². The number of nitrogens with one attached hydrogen (secondary N) is 2. The minimum atomic E-state index is -4.56. The molecule has 2 fully saturated rings. The van der Waals surface area contributed by atoms with Crippen LogP contribution in [0.5, 0.6) is 0 Å². The van der Waals surface area contributed by atoms with E-state index < -0.39 is 44.3 Å². The molecule has 0 radical (unpaired) electrons. The van der Waals surface area contributed by atoms with Crippen LogP contribution in [0.4, 0.5) is 0 Å². The van der Waals surface area contributed by atoms with Crippen molar-refractivity contribution in [2.45, 2.75) is 35.5 Å². The normalized spacial score (nSPS) is 36.0. The molecule has 4 heterocycles. The van der Waals surface area contributed by atoms with Crippen molar-refractivity contribution in [2.24, 2.45) is 9.98 Å². The second-order valence-electron chi connectivity index (χ2n) is 6.92. The van der Waals surface area contributed by atoms with Gasteiger partial charge in [0.25, 0.3) is 13.7 Å². The molecule has 2 unspecified atom stereocenters. The number of aliphatic hydroxyl groups is 1. The summed E-state index contributed by atoms with van der Waals surface area (Å²) in [6.07, 6.45) is -4.65. The van der Waals surface area contributed by atoms with Crippen LogP contribution in [0, 0.1) is 5.41 Å². The number of carbonyl (C=O) groups excluding carboxylic acids is 1. The van der Waals surface area contributed by atoms with E-state index in [4.69, 9.17) is 26.3 Å². The Hall–Kier alpha value is -0.830. The molecule has 0 spiro atoms. The predicted octanol–water partition coefficient (Wildman–Crippen LogP) is -3.09. The van der Waals surface area contributed by atoms with E-state index in [1.165, 1.54) is 16.7 Å². The van der Waals surface area contributed by atoms with Gasteiger partial charge >= 0.3 is 29.6 Å². The van der Waals surface area contributed by atoms with E-state index in [1.54, 1.807) is 24.3 Å². The van der Waals surface area contributed by atoms with Crippen molar-refractivity contribution in [3.63, 3.8) is 0 Å². The summed E-state index contributed by atoms with van der Waals surface area (Å²) in [6, 6.07) is 5.81. The smallest absolute Gasteiger partial charge is 0.756 e. The second kappa shape index (κ2) is 9.08. The molecule has 0 saturated carbocycles. The van der Waals surface area contributed by atoms with Crippen LogP contribution in [0.1, 0.15) is 0 Å². The van der Waals surface area contributed by atoms with Gasteiger partial charge in [0.1, 0.15) is 18.3 Å². The first-order valence-corrected chi connectivity index (χ1v) is 11.6. The van der Waals surface area contributed by atoms with Gasteiger partial charge in [-0.15, -0.1) is 0 Å².